The smallest absolute Gasteiger partial charge is 0.307 e. The summed E-state index contributed by atoms with van der Waals surface area (Å²) in [6, 6.07) is 8.72. The van der Waals surface area contributed by atoms with E-state index in [9.17, 15) is 18.3 Å². The number of halogens is 1. The quantitative estimate of drug-likeness (QED) is 0.173. The number of hydrogen-bond acceptors (Lipinski definition) is 7. The molecule has 1 heterocycles. The number of hydrazone groups is 1. The Morgan fingerprint density at radius 3 is 2.56 bits per heavy atom. The number of carboxylic acid groups (broad SMARTS) is 1. The molecule has 32 heavy (non-hydrogen) atoms. The van der Waals surface area contributed by atoms with E-state index in [0.717, 1.165) is 0 Å². The molecule has 2 atom stereocenters. The molecular formula is C21H26ClN5O4S. The Kier molecular flexibility index (Phi) is 7.40. The Bertz CT molecular complexity index is 1140. The van der Waals surface area contributed by atoms with Crippen molar-refractivity contribution in [2.75, 3.05) is 18.8 Å². The van der Waals surface area contributed by atoms with E-state index >= 15 is 0 Å². The van der Waals surface area contributed by atoms with Crippen LogP contribution < -0.4 is 22.0 Å². The molecule has 9 nitrogen and oxygen atoms in total. The van der Waals surface area contributed by atoms with Crippen LogP contribution in [0, 0.1) is 11.8 Å². The molecule has 1 aliphatic heterocycles. The number of anilines is 1. The lowest BCUT2D eigenvalue weighted by Gasteiger charge is -2.31. The van der Waals surface area contributed by atoms with Crippen molar-refractivity contribution < 1.29 is 18.3 Å². The van der Waals surface area contributed by atoms with Crippen molar-refractivity contribution in [3.63, 3.8) is 0 Å². The summed E-state index contributed by atoms with van der Waals surface area (Å²) in [4.78, 5) is 11.4. The summed E-state index contributed by atoms with van der Waals surface area (Å²) in [6.45, 7) is 1.32. The SMILES string of the molecule is NN=CC1CNCCC1Cc1c(CC(=O)O)c(N)c(-c2ccccc2)c(Cl)c1S(N)(=O)=O. The predicted molar refractivity (Wildman–Crippen MR) is 125 cm³/mol. The normalized spacial score (nSPS) is 19.3. The highest BCUT2D eigenvalue weighted by molar-refractivity contribution is 7.89. The minimum Gasteiger partial charge on any atom is -0.481 e. The lowest BCUT2D eigenvalue weighted by molar-refractivity contribution is -0.136. The molecule has 0 aromatic heterocycles. The third-order valence-electron chi connectivity index (χ3n) is 5.75. The number of benzene rings is 2. The van der Waals surface area contributed by atoms with Gasteiger partial charge in [0.25, 0.3) is 0 Å². The van der Waals surface area contributed by atoms with Crippen LogP contribution in [0.1, 0.15) is 17.5 Å². The second kappa shape index (κ2) is 9.86. The number of nitrogens with two attached hydrogens (primary N) is 3. The average molecular weight is 480 g/mol. The zero-order chi connectivity index (χ0) is 23.5. The zero-order valence-electron chi connectivity index (χ0n) is 17.3. The number of rotatable bonds is 7. The summed E-state index contributed by atoms with van der Waals surface area (Å²) in [7, 11) is -4.30. The van der Waals surface area contributed by atoms with Crippen LogP contribution in [0.25, 0.3) is 11.1 Å². The fourth-order valence-electron chi connectivity index (χ4n) is 4.30. The second-order valence-electron chi connectivity index (χ2n) is 7.79. The minimum atomic E-state index is -4.30. The summed E-state index contributed by atoms with van der Waals surface area (Å²) in [5.74, 6) is 4.07. The van der Waals surface area contributed by atoms with Gasteiger partial charge in [0.2, 0.25) is 10.0 Å². The van der Waals surface area contributed by atoms with Crippen molar-refractivity contribution in [2.24, 2.45) is 27.9 Å². The maximum absolute atomic E-state index is 12.7. The third-order valence-corrected chi connectivity index (χ3v) is 7.26. The maximum atomic E-state index is 12.7. The Morgan fingerprint density at radius 1 is 1.28 bits per heavy atom. The van der Waals surface area contributed by atoms with Crippen molar-refractivity contribution in [3.05, 3.63) is 46.5 Å². The van der Waals surface area contributed by atoms with Crippen molar-refractivity contribution in [1.29, 1.82) is 0 Å². The highest BCUT2D eigenvalue weighted by Crippen LogP contribution is 2.44. The van der Waals surface area contributed by atoms with Gasteiger partial charge in [0.1, 0.15) is 4.90 Å². The van der Waals surface area contributed by atoms with E-state index in [0.29, 0.717) is 25.1 Å². The highest BCUT2D eigenvalue weighted by Gasteiger charge is 2.32. The topological polar surface area (TPSA) is 174 Å². The standard InChI is InChI=1S/C21H26ClN5O4S/c22-19-18(12-4-2-1-3-5-12)20(23)15(9-17(28)29)16(21(19)32(25,30)31)8-13-6-7-26-10-14(13)11-27-24/h1-5,11,13-14,26H,6-10,23-24H2,(H,28,29)(H2,25,30,31). The number of primary sulfonamides is 1. The van der Waals surface area contributed by atoms with Crippen LogP contribution in [-0.2, 0) is 27.7 Å². The molecule has 1 aliphatic rings. The Morgan fingerprint density at radius 2 is 1.97 bits per heavy atom. The minimum absolute atomic E-state index is 0.0605. The van der Waals surface area contributed by atoms with Crippen molar-refractivity contribution in [3.8, 4) is 11.1 Å². The fraction of sp³-hybridized carbons (Fsp3) is 0.333. The van der Waals surface area contributed by atoms with Gasteiger partial charge in [-0.15, -0.1) is 0 Å². The first-order chi connectivity index (χ1) is 15.1. The molecule has 1 fully saturated rings. The zero-order valence-corrected chi connectivity index (χ0v) is 18.9. The van der Waals surface area contributed by atoms with Gasteiger partial charge in [0.05, 0.1) is 11.4 Å². The van der Waals surface area contributed by atoms with Gasteiger partial charge < -0.3 is 22.0 Å². The number of carboxylic acids is 1. The van der Waals surface area contributed by atoms with E-state index in [4.69, 9.17) is 28.3 Å². The molecule has 2 aromatic carbocycles. The summed E-state index contributed by atoms with van der Waals surface area (Å²) in [6.07, 6.45) is 2.05. The van der Waals surface area contributed by atoms with Gasteiger partial charge in [-0.1, -0.05) is 41.9 Å². The fourth-order valence-corrected chi connectivity index (χ4v) is 5.85. The molecular weight excluding hydrogens is 454 g/mol. The van der Waals surface area contributed by atoms with Crippen LogP contribution >= 0.6 is 11.6 Å². The summed E-state index contributed by atoms with van der Waals surface area (Å²) in [5, 5.41) is 21.9. The van der Waals surface area contributed by atoms with Crippen LogP contribution in [0.4, 0.5) is 5.69 Å². The monoisotopic (exact) mass is 479 g/mol. The molecule has 0 radical (unpaired) electrons. The molecule has 2 unspecified atom stereocenters. The molecule has 172 valence electrons. The number of carbonyl (C=O) groups is 1. The lowest BCUT2D eigenvalue weighted by atomic mass is 9.80. The predicted octanol–water partition coefficient (Wildman–Crippen LogP) is 1.58. The largest absolute Gasteiger partial charge is 0.481 e. The van der Waals surface area contributed by atoms with Crippen LogP contribution in [-0.4, -0.2) is 38.8 Å². The summed E-state index contributed by atoms with van der Waals surface area (Å²) in [5.41, 5.74) is 7.81. The Labute approximate surface area is 191 Å². The number of hydrogen-bond donors (Lipinski definition) is 5. The molecule has 2 aromatic rings. The number of sulfonamides is 1. The van der Waals surface area contributed by atoms with Gasteiger partial charge in [-0.3, -0.25) is 4.79 Å². The van der Waals surface area contributed by atoms with E-state index < -0.39 is 22.4 Å². The molecule has 0 bridgehead atoms. The number of piperidine rings is 1. The molecule has 8 N–H and O–H groups in total. The van der Waals surface area contributed by atoms with Crippen LogP contribution in [0.5, 0.6) is 0 Å². The van der Waals surface area contributed by atoms with E-state index in [2.05, 4.69) is 10.4 Å². The Hall–Kier alpha value is -2.66. The molecule has 0 saturated carbocycles. The van der Waals surface area contributed by atoms with E-state index in [-0.39, 0.29) is 50.6 Å². The van der Waals surface area contributed by atoms with E-state index in [1.54, 1.807) is 36.5 Å². The molecule has 0 spiro atoms. The number of nitrogen functional groups attached to an aromatic ring is 1. The van der Waals surface area contributed by atoms with Crippen molar-refractivity contribution in [2.45, 2.75) is 24.2 Å². The van der Waals surface area contributed by atoms with E-state index in [1.165, 1.54) is 0 Å². The first-order valence-electron chi connectivity index (χ1n) is 10.0. The second-order valence-corrected chi connectivity index (χ2v) is 9.67. The van der Waals surface area contributed by atoms with E-state index in [1.807, 2.05) is 0 Å². The van der Waals surface area contributed by atoms with Crippen LogP contribution in [0.2, 0.25) is 5.02 Å². The van der Waals surface area contributed by atoms with Gasteiger partial charge in [-0.25, -0.2) is 13.6 Å². The molecule has 0 aliphatic carbocycles. The molecule has 1 saturated heterocycles. The number of aliphatic carboxylic acids is 1. The van der Waals surface area contributed by atoms with Gasteiger partial charge >= 0.3 is 5.97 Å². The van der Waals surface area contributed by atoms with Gasteiger partial charge in [-0.2, -0.15) is 5.10 Å². The third kappa shape index (κ3) is 5.04. The van der Waals surface area contributed by atoms with Gasteiger partial charge in [0, 0.05) is 29.9 Å². The lowest BCUT2D eigenvalue weighted by Crippen LogP contribution is -2.39. The first kappa shape index (κ1) is 24.0. The summed E-state index contributed by atoms with van der Waals surface area (Å²) >= 11 is 6.62. The van der Waals surface area contributed by atoms with Gasteiger partial charge in [0.15, 0.2) is 0 Å². The van der Waals surface area contributed by atoms with Crippen molar-refractivity contribution in [1.82, 2.24) is 5.32 Å². The Balaban J connectivity index is 2.30. The average Bonchev–Trinajstić information content (AvgIpc) is 2.72. The molecule has 0 amide bonds. The van der Waals surface area contributed by atoms with Crippen molar-refractivity contribution >= 4 is 39.5 Å². The molecule has 11 heteroatoms. The maximum Gasteiger partial charge on any atom is 0.307 e. The first-order valence-corrected chi connectivity index (χ1v) is 11.9. The highest BCUT2D eigenvalue weighted by atomic mass is 35.5. The molecule has 3 rings (SSSR count). The van der Waals surface area contributed by atoms with Crippen LogP contribution in [0.15, 0.2) is 40.3 Å². The van der Waals surface area contributed by atoms with Gasteiger partial charge in [-0.05, 0) is 42.0 Å². The number of nitrogens with zero attached hydrogens (tertiary/aromatic N) is 1. The van der Waals surface area contributed by atoms with Crippen LogP contribution in [0.3, 0.4) is 0 Å². The number of nitrogens with one attached hydrogen (secondary N) is 1. The summed E-state index contributed by atoms with van der Waals surface area (Å²) < 4.78 is 25.4.